The molecule has 0 fully saturated rings. The minimum atomic E-state index is 1.12. The molecular formula is C52H33NS. The molecule has 10 aromatic carbocycles. The SMILES string of the molecule is c1ccc(-c2ccccc2N(c2ccc(-c3ccc4ccc5ccc6ccccc6c5c4c3)cc2)c2cccc3c2sc2cc4ccccc4cc23)cc1. The van der Waals surface area contributed by atoms with Crippen LogP contribution in [0.4, 0.5) is 17.1 Å². The van der Waals surface area contributed by atoms with E-state index in [2.05, 4.69) is 205 Å². The molecule has 0 amide bonds. The van der Waals surface area contributed by atoms with Crippen molar-refractivity contribution in [2.24, 2.45) is 0 Å². The summed E-state index contributed by atoms with van der Waals surface area (Å²) in [4.78, 5) is 2.46. The fraction of sp³-hybridized carbons (Fsp3) is 0. The van der Waals surface area contributed by atoms with E-state index in [9.17, 15) is 0 Å². The Bertz CT molecular complexity index is 3210. The first kappa shape index (κ1) is 30.8. The van der Waals surface area contributed by atoms with Gasteiger partial charge in [-0.3, -0.25) is 0 Å². The second-order valence-corrected chi connectivity index (χ2v) is 15.2. The molecule has 54 heavy (non-hydrogen) atoms. The zero-order valence-corrected chi connectivity index (χ0v) is 30.2. The van der Waals surface area contributed by atoms with Crippen molar-refractivity contribution in [3.05, 3.63) is 200 Å². The molecule has 11 rings (SSSR count). The highest BCUT2D eigenvalue weighted by Gasteiger charge is 2.21. The largest absolute Gasteiger partial charge is 0.308 e. The van der Waals surface area contributed by atoms with E-state index >= 15 is 0 Å². The number of anilines is 3. The predicted octanol–water partition coefficient (Wildman–Crippen LogP) is 15.5. The highest BCUT2D eigenvalue weighted by Crippen LogP contribution is 2.48. The quantitative estimate of drug-likeness (QED) is 0.161. The predicted molar refractivity (Wildman–Crippen MR) is 235 cm³/mol. The average molecular weight is 704 g/mol. The summed E-state index contributed by atoms with van der Waals surface area (Å²) in [5, 5.41) is 12.8. The van der Waals surface area contributed by atoms with Crippen LogP contribution in [0, 0.1) is 0 Å². The molecular weight excluding hydrogens is 671 g/mol. The minimum Gasteiger partial charge on any atom is -0.308 e. The minimum absolute atomic E-state index is 1.12. The molecule has 0 spiro atoms. The van der Waals surface area contributed by atoms with Gasteiger partial charge in [-0.15, -0.1) is 11.3 Å². The maximum Gasteiger partial charge on any atom is 0.0640 e. The summed E-state index contributed by atoms with van der Waals surface area (Å²) in [6.07, 6.45) is 0. The molecule has 1 nitrogen and oxygen atoms in total. The first-order valence-corrected chi connectivity index (χ1v) is 19.3. The molecule has 0 atom stereocenters. The standard InChI is InChI=1S/C52H33NS/c1-2-11-35(12-3-1)43-16-8-9-19-48(43)53(49-20-10-18-45-47-32-39-14-4-5-15-40(39)33-50(47)54-52(45)49)42-29-27-34(28-30-42)41-26-23-37-22-25-38-24-21-36-13-6-7-17-44(36)51(38)46(37)31-41/h1-33H. The maximum atomic E-state index is 2.46. The first-order valence-electron chi connectivity index (χ1n) is 18.5. The lowest BCUT2D eigenvalue weighted by atomic mass is 9.94. The van der Waals surface area contributed by atoms with Crippen molar-refractivity contribution in [1.82, 2.24) is 0 Å². The number of hydrogen-bond acceptors (Lipinski definition) is 2. The summed E-state index contributed by atoms with van der Waals surface area (Å²) < 4.78 is 2.59. The van der Waals surface area contributed by atoms with Crippen molar-refractivity contribution in [3.8, 4) is 22.3 Å². The second kappa shape index (κ2) is 12.4. The lowest BCUT2D eigenvalue weighted by molar-refractivity contribution is 1.30. The van der Waals surface area contributed by atoms with Gasteiger partial charge in [-0.05, 0) is 102 Å². The van der Waals surface area contributed by atoms with Gasteiger partial charge >= 0.3 is 0 Å². The van der Waals surface area contributed by atoms with Gasteiger partial charge in [0, 0.05) is 26.7 Å². The lowest BCUT2D eigenvalue weighted by Gasteiger charge is -2.28. The Hall–Kier alpha value is -6.74. The normalized spacial score (nSPS) is 11.7. The van der Waals surface area contributed by atoms with Gasteiger partial charge in [0.15, 0.2) is 0 Å². The Morgan fingerprint density at radius 2 is 0.944 bits per heavy atom. The molecule has 1 heterocycles. The molecule has 0 bridgehead atoms. The zero-order valence-electron chi connectivity index (χ0n) is 29.4. The van der Waals surface area contributed by atoms with E-state index in [-0.39, 0.29) is 0 Å². The van der Waals surface area contributed by atoms with Gasteiger partial charge in [0.1, 0.15) is 0 Å². The maximum absolute atomic E-state index is 2.46. The zero-order chi connectivity index (χ0) is 35.6. The van der Waals surface area contributed by atoms with Crippen LogP contribution in [0.1, 0.15) is 0 Å². The Morgan fingerprint density at radius 1 is 0.333 bits per heavy atom. The molecule has 1 aromatic heterocycles. The van der Waals surface area contributed by atoms with E-state index < -0.39 is 0 Å². The number of para-hydroxylation sites is 1. The molecule has 0 aliphatic carbocycles. The van der Waals surface area contributed by atoms with Gasteiger partial charge < -0.3 is 4.90 Å². The third-order valence-electron chi connectivity index (χ3n) is 11.0. The fourth-order valence-electron chi connectivity index (χ4n) is 8.39. The van der Waals surface area contributed by atoms with E-state index in [1.807, 2.05) is 11.3 Å². The van der Waals surface area contributed by atoms with E-state index in [1.54, 1.807) is 0 Å². The third kappa shape index (κ3) is 4.99. The van der Waals surface area contributed by atoms with Crippen molar-refractivity contribution in [1.29, 1.82) is 0 Å². The summed E-state index contributed by atoms with van der Waals surface area (Å²) in [7, 11) is 0. The summed E-state index contributed by atoms with van der Waals surface area (Å²) in [5.74, 6) is 0. The Morgan fingerprint density at radius 3 is 1.78 bits per heavy atom. The van der Waals surface area contributed by atoms with Crippen LogP contribution in [-0.4, -0.2) is 0 Å². The van der Waals surface area contributed by atoms with Crippen molar-refractivity contribution >= 4 is 91.7 Å². The molecule has 252 valence electrons. The van der Waals surface area contributed by atoms with Crippen molar-refractivity contribution in [2.45, 2.75) is 0 Å². The number of hydrogen-bond donors (Lipinski definition) is 0. The fourth-order valence-corrected chi connectivity index (χ4v) is 9.63. The van der Waals surface area contributed by atoms with Crippen LogP contribution in [0.15, 0.2) is 200 Å². The molecule has 0 saturated carbocycles. The van der Waals surface area contributed by atoms with Gasteiger partial charge in [-0.2, -0.15) is 0 Å². The number of fused-ring (bicyclic) bond motifs is 9. The van der Waals surface area contributed by atoms with Gasteiger partial charge in [-0.1, -0.05) is 158 Å². The molecule has 2 heteroatoms. The Kier molecular flexibility index (Phi) is 7.11. The van der Waals surface area contributed by atoms with Crippen LogP contribution in [0.2, 0.25) is 0 Å². The van der Waals surface area contributed by atoms with E-state index in [0.717, 1.165) is 11.4 Å². The molecule has 0 radical (unpaired) electrons. The molecule has 0 saturated heterocycles. The highest BCUT2D eigenvalue weighted by atomic mass is 32.1. The topological polar surface area (TPSA) is 3.24 Å². The van der Waals surface area contributed by atoms with Crippen molar-refractivity contribution in [2.75, 3.05) is 4.90 Å². The van der Waals surface area contributed by atoms with Crippen LogP contribution in [-0.2, 0) is 0 Å². The number of thiophene rings is 1. The van der Waals surface area contributed by atoms with Crippen LogP contribution >= 0.6 is 11.3 Å². The Labute approximate surface area is 317 Å². The third-order valence-corrected chi connectivity index (χ3v) is 12.2. The Balaban J connectivity index is 1.10. The summed E-state index contributed by atoms with van der Waals surface area (Å²) in [5.41, 5.74) is 8.24. The highest BCUT2D eigenvalue weighted by molar-refractivity contribution is 7.26. The van der Waals surface area contributed by atoms with E-state index in [1.165, 1.54) is 91.2 Å². The number of nitrogens with zero attached hydrogens (tertiary/aromatic N) is 1. The smallest absolute Gasteiger partial charge is 0.0640 e. The molecule has 0 unspecified atom stereocenters. The van der Waals surface area contributed by atoms with Crippen LogP contribution < -0.4 is 4.90 Å². The monoisotopic (exact) mass is 703 g/mol. The van der Waals surface area contributed by atoms with Crippen LogP contribution in [0.5, 0.6) is 0 Å². The van der Waals surface area contributed by atoms with Crippen LogP contribution in [0.3, 0.4) is 0 Å². The second-order valence-electron chi connectivity index (χ2n) is 14.1. The first-order chi connectivity index (χ1) is 26.8. The van der Waals surface area contributed by atoms with Crippen molar-refractivity contribution < 1.29 is 0 Å². The lowest BCUT2D eigenvalue weighted by Crippen LogP contribution is -2.11. The van der Waals surface area contributed by atoms with Gasteiger partial charge in [0.05, 0.1) is 16.1 Å². The molecule has 11 aromatic rings. The van der Waals surface area contributed by atoms with Crippen molar-refractivity contribution in [3.63, 3.8) is 0 Å². The van der Waals surface area contributed by atoms with Gasteiger partial charge in [0.2, 0.25) is 0 Å². The van der Waals surface area contributed by atoms with Gasteiger partial charge in [0.25, 0.3) is 0 Å². The number of benzene rings is 10. The molecule has 0 aliphatic rings. The summed E-state index contributed by atoms with van der Waals surface area (Å²) in [6.45, 7) is 0. The summed E-state index contributed by atoms with van der Waals surface area (Å²) >= 11 is 1.88. The number of rotatable bonds is 5. The van der Waals surface area contributed by atoms with Crippen LogP contribution in [0.25, 0.3) is 85.5 Å². The average Bonchev–Trinajstić information content (AvgIpc) is 3.61. The molecule has 0 aliphatic heterocycles. The van der Waals surface area contributed by atoms with E-state index in [0.29, 0.717) is 0 Å². The summed E-state index contributed by atoms with van der Waals surface area (Å²) in [6, 6.07) is 73.5. The van der Waals surface area contributed by atoms with Gasteiger partial charge in [-0.25, -0.2) is 0 Å². The van der Waals surface area contributed by atoms with E-state index in [4.69, 9.17) is 0 Å². The molecule has 0 N–H and O–H groups in total.